The van der Waals surface area contributed by atoms with E-state index in [1.165, 1.54) is 9.80 Å². The van der Waals surface area contributed by atoms with Crippen molar-refractivity contribution in [1.29, 1.82) is 0 Å². The average Bonchev–Trinajstić information content (AvgIpc) is 2.73. The van der Waals surface area contributed by atoms with Crippen LogP contribution in [0.25, 0.3) is 0 Å². The van der Waals surface area contributed by atoms with Gasteiger partial charge in [0.1, 0.15) is 6.54 Å². The lowest BCUT2D eigenvalue weighted by Crippen LogP contribution is -2.39. The van der Waals surface area contributed by atoms with Crippen LogP contribution in [-0.2, 0) is 16.1 Å². The molecule has 1 aromatic rings. The van der Waals surface area contributed by atoms with Gasteiger partial charge >= 0.3 is 5.97 Å². The quantitative estimate of drug-likeness (QED) is 0.853. The molecule has 0 saturated heterocycles. The maximum absolute atomic E-state index is 12.1. The van der Waals surface area contributed by atoms with Gasteiger partial charge in [-0.1, -0.05) is 18.2 Å². The second-order valence-corrected chi connectivity index (χ2v) is 4.78. The number of carboxylic acid groups (broad SMARTS) is 1. The molecular formula is C14H16N2O4. The highest BCUT2D eigenvalue weighted by Gasteiger charge is 2.28. The van der Waals surface area contributed by atoms with Gasteiger partial charge < -0.3 is 14.9 Å². The molecule has 1 aromatic carbocycles. The Hall–Kier alpha value is -2.37. The summed E-state index contributed by atoms with van der Waals surface area (Å²) in [5.74, 6) is -1.36. The van der Waals surface area contributed by atoms with Crippen molar-refractivity contribution in [2.75, 3.05) is 20.1 Å². The third-order valence-electron chi connectivity index (χ3n) is 3.31. The van der Waals surface area contributed by atoms with Crippen LogP contribution in [-0.4, -0.2) is 52.8 Å². The maximum atomic E-state index is 12.1. The van der Waals surface area contributed by atoms with Gasteiger partial charge in [-0.2, -0.15) is 0 Å². The van der Waals surface area contributed by atoms with Gasteiger partial charge in [-0.3, -0.25) is 14.4 Å². The Labute approximate surface area is 116 Å². The molecule has 0 fully saturated rings. The molecule has 20 heavy (non-hydrogen) atoms. The van der Waals surface area contributed by atoms with E-state index in [1.807, 2.05) is 12.1 Å². The number of benzene rings is 1. The van der Waals surface area contributed by atoms with E-state index < -0.39 is 5.97 Å². The van der Waals surface area contributed by atoms with Crippen LogP contribution in [0.5, 0.6) is 0 Å². The Morgan fingerprint density at radius 2 is 2.05 bits per heavy atom. The SMILES string of the molecule is CN(CCC(=O)O)C(=O)CN1Cc2ccccc2C1=O. The number of aliphatic carboxylic acids is 1. The zero-order valence-electron chi connectivity index (χ0n) is 11.2. The van der Waals surface area contributed by atoms with E-state index in [4.69, 9.17) is 5.11 Å². The topological polar surface area (TPSA) is 77.9 Å². The lowest BCUT2D eigenvalue weighted by molar-refractivity contribution is -0.138. The van der Waals surface area contributed by atoms with Crippen molar-refractivity contribution in [3.63, 3.8) is 0 Å². The minimum absolute atomic E-state index is 0.0242. The average molecular weight is 276 g/mol. The second-order valence-electron chi connectivity index (χ2n) is 4.78. The fourth-order valence-electron chi connectivity index (χ4n) is 2.11. The number of carbonyl (C=O) groups excluding carboxylic acids is 2. The molecule has 1 aliphatic heterocycles. The van der Waals surface area contributed by atoms with Crippen molar-refractivity contribution in [2.24, 2.45) is 0 Å². The van der Waals surface area contributed by atoms with Gasteiger partial charge in [-0.05, 0) is 11.6 Å². The molecule has 1 heterocycles. The lowest BCUT2D eigenvalue weighted by Gasteiger charge is -2.21. The van der Waals surface area contributed by atoms with Gasteiger partial charge in [0.05, 0.1) is 6.42 Å². The van der Waals surface area contributed by atoms with E-state index in [-0.39, 0.29) is 31.3 Å². The minimum Gasteiger partial charge on any atom is -0.481 e. The number of carboxylic acids is 1. The summed E-state index contributed by atoms with van der Waals surface area (Å²) in [6.07, 6.45) is -0.101. The van der Waals surface area contributed by atoms with Crippen molar-refractivity contribution >= 4 is 17.8 Å². The molecule has 0 radical (unpaired) electrons. The summed E-state index contributed by atoms with van der Waals surface area (Å²) in [4.78, 5) is 37.3. The molecule has 0 unspecified atom stereocenters. The zero-order valence-corrected chi connectivity index (χ0v) is 11.2. The summed E-state index contributed by atoms with van der Waals surface area (Å²) in [6.45, 7) is 0.542. The number of hydrogen-bond acceptors (Lipinski definition) is 3. The highest BCUT2D eigenvalue weighted by Crippen LogP contribution is 2.21. The van der Waals surface area contributed by atoms with Gasteiger partial charge in [-0.25, -0.2) is 0 Å². The first kappa shape index (κ1) is 14.0. The van der Waals surface area contributed by atoms with E-state index in [2.05, 4.69) is 0 Å². The Morgan fingerprint density at radius 1 is 1.35 bits per heavy atom. The number of carbonyl (C=O) groups is 3. The smallest absolute Gasteiger partial charge is 0.305 e. The van der Waals surface area contributed by atoms with Crippen LogP contribution in [0.1, 0.15) is 22.3 Å². The van der Waals surface area contributed by atoms with Crippen molar-refractivity contribution in [3.8, 4) is 0 Å². The van der Waals surface area contributed by atoms with E-state index in [0.29, 0.717) is 12.1 Å². The molecule has 6 nitrogen and oxygen atoms in total. The summed E-state index contributed by atoms with van der Waals surface area (Å²) >= 11 is 0. The standard InChI is InChI=1S/C14H16N2O4/c1-15(7-6-13(18)19)12(17)9-16-8-10-4-2-3-5-11(10)14(16)20/h2-5H,6-9H2,1H3,(H,18,19). The van der Waals surface area contributed by atoms with Crippen LogP contribution in [0.4, 0.5) is 0 Å². The summed E-state index contributed by atoms with van der Waals surface area (Å²) < 4.78 is 0. The van der Waals surface area contributed by atoms with Crippen LogP contribution in [0.15, 0.2) is 24.3 Å². The molecule has 0 spiro atoms. The lowest BCUT2D eigenvalue weighted by atomic mass is 10.1. The van der Waals surface area contributed by atoms with Crippen LogP contribution in [0, 0.1) is 0 Å². The van der Waals surface area contributed by atoms with Crippen molar-refractivity contribution < 1.29 is 19.5 Å². The molecule has 2 amide bonds. The molecule has 0 atom stereocenters. The Kier molecular flexibility index (Phi) is 4.02. The van der Waals surface area contributed by atoms with E-state index >= 15 is 0 Å². The highest BCUT2D eigenvalue weighted by molar-refractivity contribution is 6.00. The number of hydrogen-bond donors (Lipinski definition) is 1. The Morgan fingerprint density at radius 3 is 2.70 bits per heavy atom. The molecule has 0 aliphatic carbocycles. The van der Waals surface area contributed by atoms with E-state index in [0.717, 1.165) is 5.56 Å². The summed E-state index contributed by atoms with van der Waals surface area (Å²) in [5.41, 5.74) is 1.55. The molecule has 0 saturated carbocycles. The number of fused-ring (bicyclic) bond motifs is 1. The molecule has 2 rings (SSSR count). The van der Waals surface area contributed by atoms with Gasteiger partial charge in [0.15, 0.2) is 0 Å². The van der Waals surface area contributed by atoms with Gasteiger partial charge in [0.25, 0.3) is 5.91 Å². The predicted molar refractivity (Wildman–Crippen MR) is 71.1 cm³/mol. The van der Waals surface area contributed by atoms with Crippen molar-refractivity contribution in [2.45, 2.75) is 13.0 Å². The largest absolute Gasteiger partial charge is 0.481 e. The second kappa shape index (κ2) is 5.73. The van der Waals surface area contributed by atoms with Gasteiger partial charge in [-0.15, -0.1) is 0 Å². The summed E-state index contributed by atoms with van der Waals surface area (Å²) in [5, 5.41) is 8.59. The molecular weight excluding hydrogens is 260 g/mol. The molecule has 0 bridgehead atoms. The van der Waals surface area contributed by atoms with E-state index in [1.54, 1.807) is 19.2 Å². The summed E-state index contributed by atoms with van der Waals surface area (Å²) in [7, 11) is 1.54. The first-order valence-electron chi connectivity index (χ1n) is 6.32. The monoisotopic (exact) mass is 276 g/mol. The number of rotatable bonds is 5. The van der Waals surface area contributed by atoms with Crippen molar-refractivity contribution in [1.82, 2.24) is 9.80 Å². The van der Waals surface area contributed by atoms with Crippen LogP contribution in [0.3, 0.4) is 0 Å². The summed E-state index contributed by atoms with van der Waals surface area (Å²) in [6, 6.07) is 7.26. The minimum atomic E-state index is -0.950. The third-order valence-corrected chi connectivity index (χ3v) is 3.31. The molecule has 6 heteroatoms. The zero-order chi connectivity index (χ0) is 14.7. The highest BCUT2D eigenvalue weighted by atomic mass is 16.4. The Balaban J connectivity index is 1.94. The predicted octanol–water partition coefficient (Wildman–Crippen LogP) is 0.575. The first-order chi connectivity index (χ1) is 9.49. The van der Waals surface area contributed by atoms with Gasteiger partial charge in [0, 0.05) is 25.7 Å². The van der Waals surface area contributed by atoms with E-state index in [9.17, 15) is 14.4 Å². The number of likely N-dealkylation sites (N-methyl/N-ethyl adjacent to an activating group) is 1. The van der Waals surface area contributed by atoms with Crippen LogP contribution >= 0.6 is 0 Å². The number of amides is 2. The normalized spacial score (nSPS) is 13.2. The van der Waals surface area contributed by atoms with Crippen LogP contribution < -0.4 is 0 Å². The maximum Gasteiger partial charge on any atom is 0.305 e. The molecule has 0 aromatic heterocycles. The van der Waals surface area contributed by atoms with Crippen molar-refractivity contribution in [3.05, 3.63) is 35.4 Å². The number of nitrogens with zero attached hydrogens (tertiary/aromatic N) is 2. The fraction of sp³-hybridized carbons (Fsp3) is 0.357. The molecule has 1 aliphatic rings. The molecule has 1 N–H and O–H groups in total. The van der Waals surface area contributed by atoms with Gasteiger partial charge in [0.2, 0.25) is 5.91 Å². The first-order valence-corrected chi connectivity index (χ1v) is 6.32. The third kappa shape index (κ3) is 2.96. The fourth-order valence-corrected chi connectivity index (χ4v) is 2.11. The Bertz CT molecular complexity index is 556. The van der Waals surface area contributed by atoms with Crippen LogP contribution in [0.2, 0.25) is 0 Å². The molecule has 106 valence electrons.